The standard InChI is InChI=1S/C11H18N2O/c1-9(2)8-14-11-6-10(7-12-3)4-5-13-11/h4-6,9,12H,7-8H2,1-3H3. The molecule has 3 heteroatoms. The number of pyridine rings is 1. The van der Waals surface area contributed by atoms with Crippen molar-refractivity contribution in [3.63, 3.8) is 0 Å². The average Bonchev–Trinajstić information content (AvgIpc) is 2.16. The summed E-state index contributed by atoms with van der Waals surface area (Å²) in [6.45, 7) is 5.81. The highest BCUT2D eigenvalue weighted by molar-refractivity contribution is 5.20. The molecule has 0 aliphatic rings. The van der Waals surface area contributed by atoms with E-state index in [0.717, 1.165) is 13.2 Å². The summed E-state index contributed by atoms with van der Waals surface area (Å²) in [5.41, 5.74) is 1.20. The normalized spacial score (nSPS) is 10.6. The van der Waals surface area contributed by atoms with Crippen LogP contribution in [0.5, 0.6) is 5.88 Å². The van der Waals surface area contributed by atoms with Crippen LogP contribution in [0.4, 0.5) is 0 Å². The van der Waals surface area contributed by atoms with Crippen LogP contribution in [-0.4, -0.2) is 18.6 Å². The summed E-state index contributed by atoms with van der Waals surface area (Å²) in [5, 5.41) is 3.09. The number of ether oxygens (including phenoxy) is 1. The van der Waals surface area contributed by atoms with Gasteiger partial charge in [0.15, 0.2) is 0 Å². The summed E-state index contributed by atoms with van der Waals surface area (Å²) < 4.78 is 5.52. The van der Waals surface area contributed by atoms with E-state index < -0.39 is 0 Å². The summed E-state index contributed by atoms with van der Waals surface area (Å²) in [6, 6.07) is 3.96. The zero-order chi connectivity index (χ0) is 10.4. The van der Waals surface area contributed by atoms with Gasteiger partial charge in [0.25, 0.3) is 0 Å². The van der Waals surface area contributed by atoms with Gasteiger partial charge in [-0.05, 0) is 24.6 Å². The SMILES string of the molecule is CNCc1ccnc(OCC(C)C)c1. The van der Waals surface area contributed by atoms with E-state index in [0.29, 0.717) is 11.8 Å². The molecule has 0 radical (unpaired) electrons. The van der Waals surface area contributed by atoms with Crippen molar-refractivity contribution >= 4 is 0 Å². The highest BCUT2D eigenvalue weighted by atomic mass is 16.5. The van der Waals surface area contributed by atoms with Gasteiger partial charge in [-0.2, -0.15) is 0 Å². The molecule has 1 aromatic rings. The maximum atomic E-state index is 5.52. The van der Waals surface area contributed by atoms with Crippen molar-refractivity contribution in [2.45, 2.75) is 20.4 Å². The first-order valence-electron chi connectivity index (χ1n) is 4.94. The zero-order valence-corrected chi connectivity index (χ0v) is 9.08. The molecule has 1 N–H and O–H groups in total. The minimum Gasteiger partial charge on any atom is -0.477 e. The van der Waals surface area contributed by atoms with Crippen LogP contribution in [0.3, 0.4) is 0 Å². The molecule has 0 aliphatic heterocycles. The minimum absolute atomic E-state index is 0.532. The van der Waals surface area contributed by atoms with Crippen LogP contribution in [0.2, 0.25) is 0 Å². The van der Waals surface area contributed by atoms with Crippen LogP contribution in [0.25, 0.3) is 0 Å². The lowest BCUT2D eigenvalue weighted by Gasteiger charge is -2.08. The van der Waals surface area contributed by atoms with Gasteiger partial charge >= 0.3 is 0 Å². The lowest BCUT2D eigenvalue weighted by Crippen LogP contribution is -2.08. The van der Waals surface area contributed by atoms with Crippen LogP contribution < -0.4 is 10.1 Å². The molecule has 0 saturated carbocycles. The van der Waals surface area contributed by atoms with E-state index in [9.17, 15) is 0 Å². The van der Waals surface area contributed by atoms with E-state index >= 15 is 0 Å². The van der Waals surface area contributed by atoms with Crippen LogP contribution in [-0.2, 0) is 6.54 Å². The molecule has 14 heavy (non-hydrogen) atoms. The maximum Gasteiger partial charge on any atom is 0.213 e. The van der Waals surface area contributed by atoms with E-state index in [-0.39, 0.29) is 0 Å². The molecule has 0 unspecified atom stereocenters. The Kier molecular flexibility index (Phi) is 4.40. The lowest BCUT2D eigenvalue weighted by atomic mass is 10.2. The Labute approximate surface area is 85.5 Å². The van der Waals surface area contributed by atoms with E-state index in [4.69, 9.17) is 4.74 Å². The molecular weight excluding hydrogens is 176 g/mol. The zero-order valence-electron chi connectivity index (χ0n) is 9.08. The fourth-order valence-corrected chi connectivity index (χ4v) is 1.10. The van der Waals surface area contributed by atoms with Gasteiger partial charge in [0.2, 0.25) is 5.88 Å². The number of rotatable bonds is 5. The predicted octanol–water partition coefficient (Wildman–Crippen LogP) is 1.84. The van der Waals surface area contributed by atoms with E-state index in [2.05, 4.69) is 24.1 Å². The molecule has 78 valence electrons. The molecular formula is C11H18N2O. The number of nitrogens with zero attached hydrogens (tertiary/aromatic N) is 1. The molecule has 1 aromatic heterocycles. The second kappa shape index (κ2) is 5.60. The molecule has 3 nitrogen and oxygen atoms in total. The second-order valence-electron chi connectivity index (χ2n) is 3.74. The Morgan fingerprint density at radius 1 is 1.50 bits per heavy atom. The first-order chi connectivity index (χ1) is 6.72. The van der Waals surface area contributed by atoms with Crippen molar-refractivity contribution in [2.24, 2.45) is 5.92 Å². The van der Waals surface area contributed by atoms with Gasteiger partial charge in [-0.3, -0.25) is 0 Å². The first kappa shape index (κ1) is 11.0. The smallest absolute Gasteiger partial charge is 0.213 e. The van der Waals surface area contributed by atoms with Crippen molar-refractivity contribution in [1.82, 2.24) is 10.3 Å². The second-order valence-corrected chi connectivity index (χ2v) is 3.74. The number of hydrogen-bond donors (Lipinski definition) is 1. The largest absolute Gasteiger partial charge is 0.477 e. The van der Waals surface area contributed by atoms with Crippen molar-refractivity contribution in [3.05, 3.63) is 23.9 Å². The van der Waals surface area contributed by atoms with Gasteiger partial charge in [-0.1, -0.05) is 13.8 Å². The minimum atomic E-state index is 0.532. The van der Waals surface area contributed by atoms with Crippen LogP contribution in [0.15, 0.2) is 18.3 Å². The lowest BCUT2D eigenvalue weighted by molar-refractivity contribution is 0.261. The highest BCUT2D eigenvalue weighted by Gasteiger charge is 1.99. The fraction of sp³-hybridized carbons (Fsp3) is 0.545. The maximum absolute atomic E-state index is 5.52. The molecule has 1 heterocycles. The molecule has 0 atom stereocenters. The predicted molar refractivity (Wildman–Crippen MR) is 57.3 cm³/mol. The molecule has 1 rings (SSSR count). The third-order valence-electron chi connectivity index (χ3n) is 1.74. The van der Waals surface area contributed by atoms with Crippen LogP contribution >= 0.6 is 0 Å². The third kappa shape index (κ3) is 3.75. The topological polar surface area (TPSA) is 34.2 Å². The van der Waals surface area contributed by atoms with Crippen molar-refractivity contribution in [1.29, 1.82) is 0 Å². The third-order valence-corrected chi connectivity index (χ3v) is 1.74. The summed E-state index contributed by atoms with van der Waals surface area (Å²) in [4.78, 5) is 4.14. The van der Waals surface area contributed by atoms with E-state index in [1.807, 2.05) is 19.2 Å². The summed E-state index contributed by atoms with van der Waals surface area (Å²) in [7, 11) is 1.93. The highest BCUT2D eigenvalue weighted by Crippen LogP contribution is 2.10. The summed E-state index contributed by atoms with van der Waals surface area (Å²) in [6.07, 6.45) is 1.78. The molecule has 0 spiro atoms. The van der Waals surface area contributed by atoms with Crippen molar-refractivity contribution in [2.75, 3.05) is 13.7 Å². The Bertz CT molecular complexity index is 274. The number of nitrogens with one attached hydrogen (secondary N) is 1. The Morgan fingerprint density at radius 3 is 2.93 bits per heavy atom. The first-order valence-corrected chi connectivity index (χ1v) is 4.94. The van der Waals surface area contributed by atoms with E-state index in [1.165, 1.54) is 5.56 Å². The number of hydrogen-bond acceptors (Lipinski definition) is 3. The van der Waals surface area contributed by atoms with Gasteiger partial charge in [-0.25, -0.2) is 4.98 Å². The van der Waals surface area contributed by atoms with Crippen LogP contribution in [0.1, 0.15) is 19.4 Å². The van der Waals surface area contributed by atoms with Gasteiger partial charge in [0.1, 0.15) is 0 Å². The average molecular weight is 194 g/mol. The molecule has 0 saturated heterocycles. The summed E-state index contributed by atoms with van der Waals surface area (Å²) >= 11 is 0. The van der Waals surface area contributed by atoms with E-state index in [1.54, 1.807) is 6.20 Å². The number of aromatic nitrogens is 1. The summed E-state index contributed by atoms with van der Waals surface area (Å²) in [5.74, 6) is 1.25. The van der Waals surface area contributed by atoms with Crippen molar-refractivity contribution in [3.8, 4) is 5.88 Å². The Morgan fingerprint density at radius 2 is 2.29 bits per heavy atom. The molecule has 0 bridgehead atoms. The molecule has 0 aliphatic carbocycles. The van der Waals surface area contributed by atoms with Gasteiger partial charge in [0.05, 0.1) is 6.61 Å². The monoisotopic (exact) mass is 194 g/mol. The van der Waals surface area contributed by atoms with Crippen LogP contribution in [0, 0.1) is 5.92 Å². The van der Waals surface area contributed by atoms with Gasteiger partial charge < -0.3 is 10.1 Å². The fourth-order valence-electron chi connectivity index (χ4n) is 1.10. The Balaban J connectivity index is 2.54. The van der Waals surface area contributed by atoms with Crippen molar-refractivity contribution < 1.29 is 4.74 Å². The molecule has 0 aromatic carbocycles. The quantitative estimate of drug-likeness (QED) is 0.776. The molecule has 0 fully saturated rings. The Hall–Kier alpha value is -1.09. The molecule has 0 amide bonds. The van der Waals surface area contributed by atoms with Gasteiger partial charge in [-0.15, -0.1) is 0 Å². The van der Waals surface area contributed by atoms with Gasteiger partial charge in [0, 0.05) is 18.8 Å².